The molecule has 3 aromatic carbocycles. The Balaban J connectivity index is 1.27. The molecule has 1 N–H and O–H groups in total. The lowest BCUT2D eigenvalue weighted by molar-refractivity contribution is -0.274. The third-order valence-electron chi connectivity index (χ3n) is 7.28. The summed E-state index contributed by atoms with van der Waals surface area (Å²) in [5.74, 6) is 0.863. The zero-order valence-electron chi connectivity index (χ0n) is 26.1. The van der Waals surface area contributed by atoms with Crippen LogP contribution < -0.4 is 19.6 Å². The molecule has 0 aliphatic carbocycles. The van der Waals surface area contributed by atoms with Gasteiger partial charge in [0.15, 0.2) is 10.6 Å². The zero-order valence-corrected chi connectivity index (χ0v) is 26.9. The summed E-state index contributed by atoms with van der Waals surface area (Å²) in [6.45, 7) is 7.65. The molecule has 0 aliphatic rings. The van der Waals surface area contributed by atoms with E-state index in [9.17, 15) is 18.0 Å². The Bertz CT molecular complexity index is 1910. The molecule has 5 aromatic rings. The minimum absolute atomic E-state index is 0.206. The van der Waals surface area contributed by atoms with E-state index >= 15 is 4.39 Å². The number of hydrogen-bond donors (Lipinski definition) is 1. The third kappa shape index (κ3) is 7.88. The maximum Gasteiger partial charge on any atom is 0.573 e. The third-order valence-corrected chi connectivity index (χ3v) is 8.22. The van der Waals surface area contributed by atoms with Gasteiger partial charge in [0.05, 0.1) is 24.5 Å². The van der Waals surface area contributed by atoms with E-state index in [-0.39, 0.29) is 11.7 Å². The fourth-order valence-electron chi connectivity index (χ4n) is 4.91. The van der Waals surface area contributed by atoms with Crippen molar-refractivity contribution in [1.82, 2.24) is 24.6 Å². The number of urea groups is 1. The number of benzene rings is 3. The molecule has 0 saturated heterocycles. The minimum atomic E-state index is -4.78. The van der Waals surface area contributed by atoms with Crippen molar-refractivity contribution >= 4 is 17.4 Å². The SMILES string of the molecule is COc1ccc(C(C)C)c(-n2c(C)csc2=NC(=O)NC(C)C(F)c2ccc(-c3ncn(-c4ccc(OC(F)(F)F)cc4)n3)cc2)c1. The molecule has 2 atom stereocenters. The normalized spacial score (nSPS) is 13.4. The van der Waals surface area contributed by atoms with E-state index in [1.54, 1.807) is 38.3 Å². The van der Waals surface area contributed by atoms with Gasteiger partial charge in [0.1, 0.15) is 24.0 Å². The molecule has 2 amide bonds. The number of hydrogen-bond acceptors (Lipinski definition) is 6. The standard InChI is InChI=1S/C33H32F4N6O3S/c1-19(2)27-15-14-26(45-5)16-28(27)43-20(3)17-47-32(43)40-31(44)39-21(4)29(34)22-6-8-23(9-7-22)30-38-18-42(41-30)24-10-12-25(13-11-24)46-33(35,36)37/h6-19,21,29H,1-5H3,(H,39,44). The van der Waals surface area contributed by atoms with Crippen LogP contribution in [-0.4, -0.2) is 44.9 Å². The van der Waals surface area contributed by atoms with Gasteiger partial charge in [-0.15, -0.1) is 29.6 Å². The van der Waals surface area contributed by atoms with Crippen molar-refractivity contribution in [2.45, 2.75) is 52.2 Å². The summed E-state index contributed by atoms with van der Waals surface area (Å²) in [4.78, 5) is 22.0. The van der Waals surface area contributed by atoms with Crippen molar-refractivity contribution < 1.29 is 31.8 Å². The Kier molecular flexibility index (Phi) is 9.80. The van der Waals surface area contributed by atoms with E-state index < -0.39 is 24.6 Å². The van der Waals surface area contributed by atoms with E-state index in [1.807, 2.05) is 35.1 Å². The molecule has 5 rings (SSSR count). The van der Waals surface area contributed by atoms with Crippen molar-refractivity contribution in [1.29, 1.82) is 0 Å². The Labute approximate surface area is 272 Å². The highest BCUT2D eigenvalue weighted by Gasteiger charge is 2.31. The number of aryl methyl sites for hydroxylation is 1. The monoisotopic (exact) mass is 668 g/mol. The summed E-state index contributed by atoms with van der Waals surface area (Å²) in [6, 6.07) is 15.9. The van der Waals surface area contributed by atoms with Gasteiger partial charge in [-0.2, -0.15) is 4.99 Å². The number of alkyl halides is 4. The van der Waals surface area contributed by atoms with Gasteiger partial charge in [0.2, 0.25) is 0 Å². The van der Waals surface area contributed by atoms with E-state index in [0.29, 0.717) is 33.2 Å². The van der Waals surface area contributed by atoms with Gasteiger partial charge in [-0.05, 0) is 61.2 Å². The predicted molar refractivity (Wildman–Crippen MR) is 170 cm³/mol. The number of amides is 2. The summed E-state index contributed by atoms with van der Waals surface area (Å²) in [5.41, 5.74) is 4.21. The van der Waals surface area contributed by atoms with Gasteiger partial charge in [-0.25, -0.2) is 18.9 Å². The molecule has 0 spiro atoms. The van der Waals surface area contributed by atoms with Gasteiger partial charge < -0.3 is 14.8 Å². The summed E-state index contributed by atoms with van der Waals surface area (Å²) in [5, 5.41) is 8.92. The molecular weight excluding hydrogens is 636 g/mol. The Morgan fingerprint density at radius 1 is 1.00 bits per heavy atom. The molecule has 0 radical (unpaired) electrons. The smallest absolute Gasteiger partial charge is 0.497 e. The number of carbonyl (C=O) groups is 1. The van der Waals surface area contributed by atoms with Crippen LogP contribution in [0.5, 0.6) is 11.5 Å². The Morgan fingerprint density at radius 3 is 2.32 bits per heavy atom. The van der Waals surface area contributed by atoms with Crippen molar-refractivity contribution in [3.05, 3.63) is 100 Å². The summed E-state index contributed by atoms with van der Waals surface area (Å²) < 4.78 is 65.4. The second kappa shape index (κ2) is 13.8. The lowest BCUT2D eigenvalue weighted by Crippen LogP contribution is -2.35. The number of aromatic nitrogens is 4. The highest BCUT2D eigenvalue weighted by Crippen LogP contribution is 2.29. The predicted octanol–water partition coefficient (Wildman–Crippen LogP) is 7.84. The van der Waals surface area contributed by atoms with Crippen LogP contribution in [0.4, 0.5) is 22.4 Å². The van der Waals surface area contributed by atoms with E-state index in [1.165, 1.54) is 46.6 Å². The largest absolute Gasteiger partial charge is 0.573 e. The lowest BCUT2D eigenvalue weighted by atomic mass is 10.0. The summed E-state index contributed by atoms with van der Waals surface area (Å²) >= 11 is 1.31. The minimum Gasteiger partial charge on any atom is -0.497 e. The molecule has 0 aliphatic heterocycles. The van der Waals surface area contributed by atoms with Crippen LogP contribution in [0.2, 0.25) is 0 Å². The first-order valence-electron chi connectivity index (χ1n) is 14.6. The average Bonchev–Trinajstić information content (AvgIpc) is 3.67. The van der Waals surface area contributed by atoms with Gasteiger partial charge in [-0.1, -0.05) is 44.2 Å². The van der Waals surface area contributed by atoms with Gasteiger partial charge in [0.25, 0.3) is 0 Å². The molecule has 0 fully saturated rings. The molecule has 246 valence electrons. The lowest BCUT2D eigenvalue weighted by Gasteiger charge is -2.18. The second-order valence-electron chi connectivity index (χ2n) is 11.0. The van der Waals surface area contributed by atoms with Crippen molar-refractivity contribution in [2.75, 3.05) is 7.11 Å². The number of ether oxygens (including phenoxy) is 2. The summed E-state index contributed by atoms with van der Waals surface area (Å²) in [7, 11) is 1.59. The quantitative estimate of drug-likeness (QED) is 0.162. The van der Waals surface area contributed by atoms with Crippen LogP contribution in [0.1, 0.15) is 49.7 Å². The maximum atomic E-state index is 15.5. The number of nitrogens with zero attached hydrogens (tertiary/aromatic N) is 5. The molecule has 0 bridgehead atoms. The maximum absolute atomic E-state index is 15.5. The highest BCUT2D eigenvalue weighted by molar-refractivity contribution is 7.07. The number of thiazole rings is 1. The highest BCUT2D eigenvalue weighted by atomic mass is 32.1. The summed E-state index contributed by atoms with van der Waals surface area (Å²) in [6.07, 6.45) is -4.90. The van der Waals surface area contributed by atoms with Crippen molar-refractivity contribution in [2.24, 2.45) is 4.99 Å². The average molecular weight is 669 g/mol. The number of halogens is 4. The Hall–Kier alpha value is -4.98. The van der Waals surface area contributed by atoms with Crippen LogP contribution in [-0.2, 0) is 0 Å². The van der Waals surface area contributed by atoms with Gasteiger partial charge >= 0.3 is 12.4 Å². The van der Waals surface area contributed by atoms with Crippen LogP contribution >= 0.6 is 11.3 Å². The van der Waals surface area contributed by atoms with Crippen LogP contribution in [0.25, 0.3) is 22.8 Å². The van der Waals surface area contributed by atoms with Crippen LogP contribution in [0.15, 0.2) is 83.4 Å². The molecule has 2 unspecified atom stereocenters. The number of nitrogens with one attached hydrogen (secondary N) is 1. The molecule has 0 saturated carbocycles. The van der Waals surface area contributed by atoms with Gasteiger partial charge in [-0.3, -0.25) is 4.57 Å². The van der Waals surface area contributed by atoms with Crippen molar-refractivity contribution in [3.63, 3.8) is 0 Å². The first kappa shape index (κ1) is 33.4. The first-order chi connectivity index (χ1) is 22.3. The van der Waals surface area contributed by atoms with Crippen LogP contribution in [0.3, 0.4) is 0 Å². The van der Waals surface area contributed by atoms with Crippen LogP contribution in [0, 0.1) is 6.92 Å². The topological polar surface area (TPSA) is 95.6 Å². The Morgan fingerprint density at radius 2 is 1.68 bits per heavy atom. The second-order valence-corrected chi connectivity index (χ2v) is 11.8. The molecule has 2 aromatic heterocycles. The van der Waals surface area contributed by atoms with E-state index in [0.717, 1.165) is 16.9 Å². The number of methoxy groups -OCH3 is 1. The fourth-order valence-corrected chi connectivity index (χ4v) is 5.77. The fraction of sp³-hybridized carbons (Fsp3) is 0.273. The molecular formula is C33H32F4N6O3S. The van der Waals surface area contributed by atoms with Crippen molar-refractivity contribution in [3.8, 4) is 34.3 Å². The van der Waals surface area contributed by atoms with E-state index in [2.05, 4.69) is 39.0 Å². The zero-order chi connectivity index (χ0) is 33.9. The first-order valence-corrected chi connectivity index (χ1v) is 15.4. The number of rotatable bonds is 9. The molecule has 9 nitrogen and oxygen atoms in total. The van der Waals surface area contributed by atoms with Gasteiger partial charge in [0, 0.05) is 22.7 Å². The molecule has 2 heterocycles. The molecule has 14 heteroatoms. The molecule has 47 heavy (non-hydrogen) atoms. The number of carbonyl (C=O) groups excluding carboxylic acids is 1. The van der Waals surface area contributed by atoms with E-state index in [4.69, 9.17) is 4.74 Å².